The highest BCUT2D eigenvalue weighted by molar-refractivity contribution is 6.31. The van der Waals surface area contributed by atoms with E-state index in [1.807, 2.05) is 6.07 Å². The second-order valence-corrected chi connectivity index (χ2v) is 5.62. The summed E-state index contributed by atoms with van der Waals surface area (Å²) in [7, 11) is 1.54. The van der Waals surface area contributed by atoms with E-state index in [1.54, 1.807) is 30.5 Å². The predicted octanol–water partition coefficient (Wildman–Crippen LogP) is 4.21. The van der Waals surface area contributed by atoms with Gasteiger partial charge in [-0.3, -0.25) is 9.78 Å². The summed E-state index contributed by atoms with van der Waals surface area (Å²) in [4.78, 5) is 16.5. The third-order valence-electron chi connectivity index (χ3n) is 3.43. The van der Waals surface area contributed by atoms with Crippen molar-refractivity contribution in [1.82, 2.24) is 4.98 Å². The second-order valence-electron chi connectivity index (χ2n) is 5.18. The predicted molar refractivity (Wildman–Crippen MR) is 93.6 cm³/mol. The molecule has 1 aromatic carbocycles. The number of carbonyl (C=O) groups excluding carboxylic acids is 1. The highest BCUT2D eigenvalue weighted by Gasteiger charge is 2.12. The highest BCUT2D eigenvalue weighted by atomic mass is 35.5. The van der Waals surface area contributed by atoms with Crippen molar-refractivity contribution in [2.45, 2.75) is 26.3 Å². The summed E-state index contributed by atoms with van der Waals surface area (Å²) in [5.74, 6) is 0.218. The Morgan fingerprint density at radius 2 is 2.13 bits per heavy atom. The smallest absolute Gasteiger partial charge is 0.274 e. The fourth-order valence-corrected chi connectivity index (χ4v) is 2.17. The molecule has 0 aliphatic carbocycles. The van der Waals surface area contributed by atoms with Crippen molar-refractivity contribution >= 4 is 28.9 Å². The number of hydrogen-bond donors (Lipinski definition) is 2. The summed E-state index contributed by atoms with van der Waals surface area (Å²) in [6.45, 7) is 4.18. The molecule has 1 aromatic heterocycles. The first-order chi connectivity index (χ1) is 11.0. The first-order valence-electron chi connectivity index (χ1n) is 7.41. The standard InChI is InChI=1S/C17H20ClN3O2/c1-4-11(2)20-13-7-8-19-15(10-13)17(22)21-14-9-12(18)5-6-16(14)23-3/h5-11H,4H2,1-3H3,(H,19,20)(H,21,22). The molecule has 1 unspecified atom stereocenters. The molecule has 0 radical (unpaired) electrons. The zero-order valence-corrected chi connectivity index (χ0v) is 14.1. The van der Waals surface area contributed by atoms with Crippen molar-refractivity contribution in [3.8, 4) is 5.75 Å². The molecule has 2 rings (SSSR count). The normalized spacial score (nSPS) is 11.7. The van der Waals surface area contributed by atoms with Gasteiger partial charge in [0, 0.05) is 22.9 Å². The molecule has 5 nitrogen and oxygen atoms in total. The SMILES string of the molecule is CCC(C)Nc1ccnc(C(=O)Nc2cc(Cl)ccc2OC)c1. The van der Waals surface area contributed by atoms with Crippen molar-refractivity contribution in [3.63, 3.8) is 0 Å². The summed E-state index contributed by atoms with van der Waals surface area (Å²) in [5, 5.41) is 6.61. The van der Waals surface area contributed by atoms with Gasteiger partial charge in [0.25, 0.3) is 5.91 Å². The molecular formula is C17H20ClN3O2. The third kappa shape index (κ3) is 4.60. The molecular weight excluding hydrogens is 314 g/mol. The van der Waals surface area contributed by atoms with Crippen LogP contribution in [0.1, 0.15) is 30.8 Å². The first-order valence-corrected chi connectivity index (χ1v) is 7.78. The van der Waals surface area contributed by atoms with E-state index >= 15 is 0 Å². The molecule has 0 saturated heterocycles. The van der Waals surface area contributed by atoms with Gasteiger partial charge >= 0.3 is 0 Å². The van der Waals surface area contributed by atoms with Crippen LogP contribution in [0.4, 0.5) is 11.4 Å². The number of rotatable bonds is 6. The van der Waals surface area contributed by atoms with Crippen molar-refractivity contribution in [2.75, 3.05) is 17.7 Å². The topological polar surface area (TPSA) is 63.2 Å². The van der Waals surface area contributed by atoms with Crippen LogP contribution in [0.15, 0.2) is 36.5 Å². The number of methoxy groups -OCH3 is 1. The lowest BCUT2D eigenvalue weighted by molar-refractivity contribution is 0.102. The zero-order valence-electron chi connectivity index (χ0n) is 13.4. The van der Waals surface area contributed by atoms with Crippen LogP contribution in [0.2, 0.25) is 5.02 Å². The molecule has 0 bridgehead atoms. The maximum absolute atomic E-state index is 12.4. The minimum atomic E-state index is -0.321. The van der Waals surface area contributed by atoms with Gasteiger partial charge in [0.1, 0.15) is 11.4 Å². The minimum Gasteiger partial charge on any atom is -0.495 e. The molecule has 0 saturated carbocycles. The zero-order chi connectivity index (χ0) is 16.8. The molecule has 122 valence electrons. The van der Waals surface area contributed by atoms with Crippen molar-refractivity contribution < 1.29 is 9.53 Å². The summed E-state index contributed by atoms with van der Waals surface area (Å²) in [5.41, 5.74) is 1.69. The average Bonchev–Trinajstić information content (AvgIpc) is 2.55. The van der Waals surface area contributed by atoms with E-state index < -0.39 is 0 Å². The molecule has 6 heteroatoms. The van der Waals surface area contributed by atoms with E-state index in [4.69, 9.17) is 16.3 Å². The highest BCUT2D eigenvalue weighted by Crippen LogP contribution is 2.28. The number of anilines is 2. The average molecular weight is 334 g/mol. The Bertz CT molecular complexity index is 691. The van der Waals surface area contributed by atoms with Gasteiger partial charge in [-0.05, 0) is 43.7 Å². The number of nitrogens with one attached hydrogen (secondary N) is 2. The van der Waals surface area contributed by atoms with Gasteiger partial charge in [-0.2, -0.15) is 0 Å². The van der Waals surface area contributed by atoms with Crippen LogP contribution in [0.5, 0.6) is 5.75 Å². The lowest BCUT2D eigenvalue weighted by Crippen LogP contribution is -2.17. The Balaban J connectivity index is 2.18. The van der Waals surface area contributed by atoms with Gasteiger partial charge in [-0.1, -0.05) is 18.5 Å². The molecule has 2 aromatic rings. The van der Waals surface area contributed by atoms with E-state index in [2.05, 4.69) is 29.5 Å². The summed E-state index contributed by atoms with van der Waals surface area (Å²) in [6.07, 6.45) is 2.60. The van der Waals surface area contributed by atoms with E-state index in [1.165, 1.54) is 7.11 Å². The summed E-state index contributed by atoms with van der Waals surface area (Å²) >= 11 is 5.97. The van der Waals surface area contributed by atoms with Crippen molar-refractivity contribution in [1.29, 1.82) is 0 Å². The number of pyridine rings is 1. The fraction of sp³-hybridized carbons (Fsp3) is 0.294. The summed E-state index contributed by atoms with van der Waals surface area (Å²) in [6, 6.07) is 8.92. The third-order valence-corrected chi connectivity index (χ3v) is 3.66. The van der Waals surface area contributed by atoms with Gasteiger partial charge < -0.3 is 15.4 Å². The molecule has 0 fully saturated rings. The van der Waals surface area contributed by atoms with Gasteiger partial charge in [0.05, 0.1) is 12.8 Å². The van der Waals surface area contributed by atoms with Crippen LogP contribution in [0.3, 0.4) is 0 Å². The van der Waals surface area contributed by atoms with E-state index in [0.29, 0.717) is 28.2 Å². The van der Waals surface area contributed by atoms with Crippen LogP contribution < -0.4 is 15.4 Å². The molecule has 1 atom stereocenters. The monoisotopic (exact) mass is 333 g/mol. The van der Waals surface area contributed by atoms with Gasteiger partial charge in [0.15, 0.2) is 0 Å². The van der Waals surface area contributed by atoms with Gasteiger partial charge in [-0.15, -0.1) is 0 Å². The minimum absolute atomic E-state index is 0.320. The number of carbonyl (C=O) groups is 1. The molecule has 2 N–H and O–H groups in total. The van der Waals surface area contributed by atoms with Gasteiger partial charge in [-0.25, -0.2) is 0 Å². The van der Waals surface area contributed by atoms with Gasteiger partial charge in [0.2, 0.25) is 0 Å². The number of ether oxygens (including phenoxy) is 1. The molecule has 0 spiro atoms. The molecule has 1 heterocycles. The molecule has 0 aliphatic heterocycles. The van der Waals surface area contributed by atoms with Crippen LogP contribution in [0.25, 0.3) is 0 Å². The van der Waals surface area contributed by atoms with Crippen molar-refractivity contribution in [3.05, 3.63) is 47.2 Å². The number of hydrogen-bond acceptors (Lipinski definition) is 4. The lowest BCUT2D eigenvalue weighted by Gasteiger charge is -2.14. The first kappa shape index (κ1) is 17.1. The maximum Gasteiger partial charge on any atom is 0.274 e. The quantitative estimate of drug-likeness (QED) is 0.831. The number of benzene rings is 1. The van der Waals surface area contributed by atoms with Crippen molar-refractivity contribution in [2.24, 2.45) is 0 Å². The Hall–Kier alpha value is -2.27. The maximum atomic E-state index is 12.4. The van der Waals surface area contributed by atoms with E-state index in [0.717, 1.165) is 12.1 Å². The Labute approximate surface area is 141 Å². The lowest BCUT2D eigenvalue weighted by atomic mass is 10.2. The number of aromatic nitrogens is 1. The fourth-order valence-electron chi connectivity index (χ4n) is 2.00. The van der Waals surface area contributed by atoms with Crippen LogP contribution in [0, 0.1) is 0 Å². The van der Waals surface area contributed by atoms with Crippen LogP contribution in [-0.2, 0) is 0 Å². The Kier molecular flexibility index (Phi) is 5.82. The second kappa shape index (κ2) is 7.83. The number of amides is 1. The molecule has 23 heavy (non-hydrogen) atoms. The number of nitrogens with zero attached hydrogens (tertiary/aromatic N) is 1. The summed E-state index contributed by atoms with van der Waals surface area (Å²) < 4.78 is 5.22. The number of halogens is 1. The largest absolute Gasteiger partial charge is 0.495 e. The van der Waals surface area contributed by atoms with E-state index in [9.17, 15) is 4.79 Å². The molecule has 1 amide bonds. The Morgan fingerprint density at radius 1 is 1.35 bits per heavy atom. The molecule has 0 aliphatic rings. The Morgan fingerprint density at radius 3 is 2.83 bits per heavy atom. The van der Waals surface area contributed by atoms with Crippen LogP contribution in [-0.4, -0.2) is 24.0 Å². The van der Waals surface area contributed by atoms with Crippen LogP contribution >= 0.6 is 11.6 Å². The van der Waals surface area contributed by atoms with E-state index in [-0.39, 0.29) is 5.91 Å².